The first-order chi connectivity index (χ1) is 11.5. The Kier molecular flexibility index (Phi) is 5.62. The van der Waals surface area contributed by atoms with E-state index in [0.717, 1.165) is 37.1 Å². The van der Waals surface area contributed by atoms with Crippen molar-refractivity contribution in [2.45, 2.75) is 76.9 Å². The van der Waals surface area contributed by atoms with Gasteiger partial charge in [0.1, 0.15) is 5.76 Å². The van der Waals surface area contributed by atoms with Gasteiger partial charge in [-0.25, -0.2) is 8.42 Å². The number of hydrogen-bond acceptors (Lipinski definition) is 5. The van der Waals surface area contributed by atoms with Gasteiger partial charge in [0, 0.05) is 37.2 Å². The predicted molar refractivity (Wildman–Crippen MR) is 93.2 cm³/mol. The molecule has 1 N–H and O–H groups in total. The number of nitrogens with one attached hydrogen (secondary N) is 1. The van der Waals surface area contributed by atoms with E-state index in [1.165, 1.54) is 12.8 Å². The van der Waals surface area contributed by atoms with E-state index in [2.05, 4.69) is 16.5 Å². The van der Waals surface area contributed by atoms with E-state index < -0.39 is 10.0 Å². The lowest BCUT2D eigenvalue weighted by Gasteiger charge is -2.37. The molecule has 0 bridgehead atoms. The number of aromatic nitrogens is 1. The number of unbranched alkanes of at least 4 members (excludes halogenated alkanes) is 1. The summed E-state index contributed by atoms with van der Waals surface area (Å²) < 4.78 is 31.9. The number of hydrogen-bond donors (Lipinski definition) is 1. The fourth-order valence-electron chi connectivity index (χ4n) is 3.41. The highest BCUT2D eigenvalue weighted by atomic mass is 32.2. The maximum Gasteiger partial charge on any atom is 0.214 e. The van der Waals surface area contributed by atoms with Crippen LogP contribution in [0.2, 0.25) is 0 Å². The van der Waals surface area contributed by atoms with Gasteiger partial charge in [-0.15, -0.1) is 0 Å². The van der Waals surface area contributed by atoms with Crippen LogP contribution >= 0.6 is 0 Å². The van der Waals surface area contributed by atoms with Crippen LogP contribution in [0.25, 0.3) is 0 Å². The molecule has 1 saturated heterocycles. The summed E-state index contributed by atoms with van der Waals surface area (Å²) in [6.07, 6.45) is 5.77. The van der Waals surface area contributed by atoms with Crippen molar-refractivity contribution in [1.29, 1.82) is 0 Å². The van der Waals surface area contributed by atoms with Crippen molar-refractivity contribution in [3.05, 3.63) is 17.5 Å². The van der Waals surface area contributed by atoms with E-state index in [1.807, 2.05) is 13.8 Å². The highest BCUT2D eigenvalue weighted by Gasteiger charge is 2.33. The Hall–Kier alpha value is -0.920. The normalized spacial score (nSPS) is 25.9. The molecule has 6 nitrogen and oxygen atoms in total. The molecule has 136 valence electrons. The van der Waals surface area contributed by atoms with E-state index in [1.54, 1.807) is 4.31 Å². The predicted octanol–water partition coefficient (Wildman–Crippen LogP) is 2.62. The molecule has 0 spiro atoms. The maximum absolute atomic E-state index is 12.4. The molecule has 1 aromatic rings. The Morgan fingerprint density at radius 2 is 2.17 bits per heavy atom. The molecule has 1 aromatic heterocycles. The molecule has 7 heteroatoms. The summed E-state index contributed by atoms with van der Waals surface area (Å²) in [5.74, 6) is 1.87. The smallest absolute Gasteiger partial charge is 0.214 e. The SMILES string of the molecule is CCCCS(=O)(=O)N1CC[C@H](NCc2cc(C3CC3)on2)C[C@@H]1C. The van der Waals surface area contributed by atoms with Gasteiger partial charge in [-0.05, 0) is 39.0 Å². The lowest BCUT2D eigenvalue weighted by molar-refractivity contribution is 0.223. The third kappa shape index (κ3) is 4.37. The van der Waals surface area contributed by atoms with Gasteiger partial charge < -0.3 is 9.84 Å². The van der Waals surface area contributed by atoms with Gasteiger partial charge in [0.2, 0.25) is 10.0 Å². The van der Waals surface area contributed by atoms with Crippen LogP contribution in [0.15, 0.2) is 10.6 Å². The van der Waals surface area contributed by atoms with Crippen LogP contribution in [0.1, 0.15) is 69.7 Å². The molecule has 3 rings (SSSR count). The van der Waals surface area contributed by atoms with E-state index in [9.17, 15) is 8.42 Å². The first-order valence-electron chi connectivity index (χ1n) is 9.18. The van der Waals surface area contributed by atoms with Crippen molar-refractivity contribution in [1.82, 2.24) is 14.8 Å². The number of sulfonamides is 1. The van der Waals surface area contributed by atoms with Crippen LogP contribution in [-0.4, -0.2) is 42.3 Å². The van der Waals surface area contributed by atoms with Crippen molar-refractivity contribution in [2.24, 2.45) is 0 Å². The molecule has 2 fully saturated rings. The molecule has 1 saturated carbocycles. The Morgan fingerprint density at radius 3 is 2.83 bits per heavy atom. The monoisotopic (exact) mass is 355 g/mol. The number of nitrogens with zero attached hydrogens (tertiary/aromatic N) is 2. The summed E-state index contributed by atoms with van der Waals surface area (Å²) in [5, 5.41) is 7.64. The molecular formula is C17H29N3O3S. The zero-order valence-corrected chi connectivity index (χ0v) is 15.5. The second-order valence-electron chi connectivity index (χ2n) is 7.23. The van der Waals surface area contributed by atoms with Crippen molar-refractivity contribution < 1.29 is 12.9 Å². The second kappa shape index (κ2) is 7.54. The van der Waals surface area contributed by atoms with Crippen LogP contribution in [0.3, 0.4) is 0 Å². The highest BCUT2D eigenvalue weighted by molar-refractivity contribution is 7.89. The first-order valence-corrected chi connectivity index (χ1v) is 10.8. The maximum atomic E-state index is 12.4. The summed E-state index contributed by atoms with van der Waals surface area (Å²) in [4.78, 5) is 0. The van der Waals surface area contributed by atoms with Crippen molar-refractivity contribution in [3.63, 3.8) is 0 Å². The zero-order chi connectivity index (χ0) is 17.2. The molecule has 1 aliphatic carbocycles. The van der Waals surface area contributed by atoms with Crippen molar-refractivity contribution in [2.75, 3.05) is 12.3 Å². The molecule has 2 atom stereocenters. The quantitative estimate of drug-likeness (QED) is 0.776. The van der Waals surface area contributed by atoms with E-state index in [4.69, 9.17) is 4.52 Å². The fourth-order valence-corrected chi connectivity index (χ4v) is 5.32. The van der Waals surface area contributed by atoms with Gasteiger partial charge in [0.25, 0.3) is 0 Å². The molecule has 24 heavy (non-hydrogen) atoms. The van der Waals surface area contributed by atoms with Crippen LogP contribution in [0.4, 0.5) is 0 Å². The third-order valence-electron chi connectivity index (χ3n) is 5.06. The topological polar surface area (TPSA) is 75.4 Å². The van der Waals surface area contributed by atoms with Crippen LogP contribution in [0.5, 0.6) is 0 Å². The van der Waals surface area contributed by atoms with E-state index >= 15 is 0 Å². The number of piperidine rings is 1. The second-order valence-corrected chi connectivity index (χ2v) is 9.27. The summed E-state index contributed by atoms with van der Waals surface area (Å²) in [6, 6.07) is 2.44. The van der Waals surface area contributed by atoms with Gasteiger partial charge in [0.15, 0.2) is 0 Å². The molecule has 2 aliphatic rings. The average Bonchev–Trinajstić information content (AvgIpc) is 3.29. The van der Waals surface area contributed by atoms with E-state index in [0.29, 0.717) is 25.0 Å². The lowest BCUT2D eigenvalue weighted by Crippen LogP contribution is -2.50. The highest BCUT2D eigenvalue weighted by Crippen LogP contribution is 2.40. The summed E-state index contributed by atoms with van der Waals surface area (Å²) in [7, 11) is -3.11. The molecule has 0 unspecified atom stereocenters. The minimum absolute atomic E-state index is 0.0532. The minimum atomic E-state index is -3.11. The van der Waals surface area contributed by atoms with Gasteiger partial charge in [-0.1, -0.05) is 18.5 Å². The fraction of sp³-hybridized carbons (Fsp3) is 0.824. The molecule has 2 heterocycles. The first kappa shape index (κ1) is 17.9. The number of rotatable bonds is 8. The molecule has 0 amide bonds. The molecule has 1 aliphatic heterocycles. The Balaban J connectivity index is 1.47. The van der Waals surface area contributed by atoms with Crippen molar-refractivity contribution >= 4 is 10.0 Å². The van der Waals surface area contributed by atoms with Crippen LogP contribution in [0, 0.1) is 0 Å². The summed E-state index contributed by atoms with van der Waals surface area (Å²) in [5.41, 5.74) is 0.947. The summed E-state index contributed by atoms with van der Waals surface area (Å²) in [6.45, 7) is 5.33. The minimum Gasteiger partial charge on any atom is -0.361 e. The van der Waals surface area contributed by atoms with Gasteiger partial charge in [-0.2, -0.15) is 4.31 Å². The largest absolute Gasteiger partial charge is 0.361 e. The van der Waals surface area contributed by atoms with Gasteiger partial charge >= 0.3 is 0 Å². The Bertz CT molecular complexity index is 639. The Labute approximate surface area is 145 Å². The van der Waals surface area contributed by atoms with Crippen LogP contribution < -0.4 is 5.32 Å². The molecular weight excluding hydrogens is 326 g/mol. The van der Waals surface area contributed by atoms with Crippen molar-refractivity contribution in [3.8, 4) is 0 Å². The standard InChI is InChI=1S/C17H29N3O3S/c1-3-4-9-24(21,22)20-8-7-15(10-13(20)2)18-12-16-11-17(23-19-16)14-5-6-14/h11,13-15,18H,3-10,12H2,1-2H3/t13-,15-/m0/s1. The average molecular weight is 356 g/mol. The summed E-state index contributed by atoms with van der Waals surface area (Å²) >= 11 is 0. The van der Waals surface area contributed by atoms with Gasteiger partial charge in [0.05, 0.1) is 11.4 Å². The molecule has 0 aromatic carbocycles. The zero-order valence-electron chi connectivity index (χ0n) is 14.7. The third-order valence-corrected chi connectivity index (χ3v) is 7.12. The van der Waals surface area contributed by atoms with E-state index in [-0.39, 0.29) is 11.8 Å². The molecule has 0 radical (unpaired) electrons. The Morgan fingerprint density at radius 1 is 1.38 bits per heavy atom. The van der Waals surface area contributed by atoms with Crippen LogP contribution in [-0.2, 0) is 16.6 Å². The van der Waals surface area contributed by atoms with Gasteiger partial charge in [-0.3, -0.25) is 0 Å². The lowest BCUT2D eigenvalue weighted by atomic mass is 10.0.